The minimum Gasteiger partial charge on any atom is -0.435 e. The van der Waals surface area contributed by atoms with Crippen LogP contribution in [0, 0.1) is 0 Å². The van der Waals surface area contributed by atoms with Crippen molar-refractivity contribution >= 4 is 0 Å². The minimum atomic E-state index is -2.87. The van der Waals surface area contributed by atoms with E-state index >= 15 is 0 Å². The van der Waals surface area contributed by atoms with Crippen molar-refractivity contribution < 1.29 is 18.6 Å². The number of aromatic nitrogens is 4. The summed E-state index contributed by atoms with van der Waals surface area (Å²) in [4.78, 5) is 1.27. The highest BCUT2D eigenvalue weighted by Crippen LogP contribution is 2.26. The molecule has 0 bridgehead atoms. The number of aliphatic hydroxyl groups is 1. The Morgan fingerprint density at radius 3 is 2.47 bits per heavy atom. The van der Waals surface area contributed by atoms with Crippen LogP contribution in [0.15, 0.2) is 30.6 Å². The third-order valence-corrected chi connectivity index (χ3v) is 2.63. The Kier molecular flexibility index (Phi) is 4.00. The molecule has 0 aliphatic carbocycles. The zero-order chi connectivity index (χ0) is 13.8. The minimum absolute atomic E-state index is 0.0393. The maximum atomic E-state index is 12.0. The Morgan fingerprint density at radius 1 is 1.26 bits per heavy atom. The molecule has 0 saturated carbocycles. The zero-order valence-electron chi connectivity index (χ0n) is 10.0. The van der Waals surface area contributed by atoms with Crippen molar-refractivity contribution in [3.05, 3.63) is 36.2 Å². The molecule has 0 saturated heterocycles. The second-order valence-corrected chi connectivity index (χ2v) is 3.89. The summed E-state index contributed by atoms with van der Waals surface area (Å²) in [6.07, 6.45) is 0.387. The van der Waals surface area contributed by atoms with Gasteiger partial charge in [0, 0.05) is 0 Å². The van der Waals surface area contributed by atoms with E-state index in [2.05, 4.69) is 20.1 Å². The first-order chi connectivity index (χ1) is 9.08. The van der Waals surface area contributed by atoms with Crippen LogP contribution < -0.4 is 4.74 Å². The normalized spacial score (nSPS) is 14.4. The highest BCUT2D eigenvalue weighted by atomic mass is 19.3. The number of benzene rings is 1. The predicted molar refractivity (Wildman–Crippen MR) is 60.6 cm³/mol. The van der Waals surface area contributed by atoms with Crippen LogP contribution in [0.25, 0.3) is 0 Å². The maximum absolute atomic E-state index is 12.0. The number of tetrazole rings is 1. The number of hydrogen-bond donors (Lipinski definition) is 1. The van der Waals surface area contributed by atoms with E-state index in [4.69, 9.17) is 0 Å². The summed E-state index contributed by atoms with van der Waals surface area (Å²) in [6.45, 7) is -1.15. The lowest BCUT2D eigenvalue weighted by Gasteiger charge is -2.18. The van der Waals surface area contributed by atoms with Gasteiger partial charge in [0.15, 0.2) is 6.33 Å². The van der Waals surface area contributed by atoms with Crippen LogP contribution in [0.4, 0.5) is 8.78 Å². The van der Waals surface area contributed by atoms with Gasteiger partial charge in [0.05, 0.1) is 0 Å². The van der Waals surface area contributed by atoms with Gasteiger partial charge in [-0.05, 0) is 29.8 Å². The van der Waals surface area contributed by atoms with Gasteiger partial charge in [-0.1, -0.05) is 12.1 Å². The molecule has 102 valence electrons. The first kappa shape index (κ1) is 13.3. The van der Waals surface area contributed by atoms with Crippen molar-refractivity contribution in [2.24, 2.45) is 0 Å². The average Bonchev–Trinajstić information content (AvgIpc) is 2.91. The van der Waals surface area contributed by atoms with E-state index in [1.807, 2.05) is 0 Å². The van der Waals surface area contributed by atoms with Crippen molar-refractivity contribution in [2.45, 2.75) is 25.7 Å². The van der Waals surface area contributed by atoms with E-state index in [0.717, 1.165) is 0 Å². The van der Waals surface area contributed by atoms with Crippen LogP contribution in [-0.4, -0.2) is 31.9 Å². The summed E-state index contributed by atoms with van der Waals surface area (Å²) in [5.41, 5.74) is 0.548. The maximum Gasteiger partial charge on any atom is 0.387 e. The van der Waals surface area contributed by atoms with Crippen LogP contribution in [0.3, 0.4) is 0 Å². The molecule has 0 amide bonds. The third-order valence-electron chi connectivity index (χ3n) is 2.63. The lowest BCUT2D eigenvalue weighted by atomic mass is 10.0. The van der Waals surface area contributed by atoms with E-state index in [1.165, 1.54) is 35.4 Å². The van der Waals surface area contributed by atoms with E-state index < -0.39 is 18.8 Å². The van der Waals surface area contributed by atoms with E-state index in [-0.39, 0.29) is 5.75 Å². The van der Waals surface area contributed by atoms with Gasteiger partial charge in [-0.2, -0.15) is 13.6 Å². The Morgan fingerprint density at radius 2 is 1.95 bits per heavy atom. The molecule has 0 aliphatic heterocycles. The van der Waals surface area contributed by atoms with Crippen molar-refractivity contribution in [1.29, 1.82) is 0 Å². The van der Waals surface area contributed by atoms with E-state index in [0.29, 0.717) is 5.56 Å². The summed E-state index contributed by atoms with van der Waals surface area (Å²) in [5, 5.41) is 21.2. The monoisotopic (exact) mass is 270 g/mol. The Hall–Kier alpha value is -2.09. The number of rotatable bonds is 5. The van der Waals surface area contributed by atoms with Crippen LogP contribution in [0.1, 0.15) is 24.6 Å². The average molecular weight is 270 g/mol. The lowest BCUT2D eigenvalue weighted by Crippen LogP contribution is -2.17. The zero-order valence-corrected chi connectivity index (χ0v) is 10.0. The van der Waals surface area contributed by atoms with Gasteiger partial charge in [0.25, 0.3) is 0 Å². The number of hydrogen-bond acceptors (Lipinski definition) is 5. The summed E-state index contributed by atoms with van der Waals surface area (Å²) in [7, 11) is 0. The molecule has 2 rings (SSSR count). The highest BCUT2D eigenvalue weighted by molar-refractivity contribution is 5.28. The van der Waals surface area contributed by atoms with Gasteiger partial charge in [-0.3, -0.25) is 0 Å². The fourth-order valence-corrected chi connectivity index (χ4v) is 1.61. The van der Waals surface area contributed by atoms with Gasteiger partial charge in [-0.25, -0.2) is 0 Å². The van der Waals surface area contributed by atoms with Crippen LogP contribution >= 0.6 is 0 Å². The molecule has 19 heavy (non-hydrogen) atoms. The largest absolute Gasteiger partial charge is 0.435 e. The second-order valence-electron chi connectivity index (χ2n) is 3.89. The molecule has 0 spiro atoms. The van der Waals surface area contributed by atoms with Crippen LogP contribution in [0.2, 0.25) is 0 Å². The molecule has 8 heteroatoms. The number of alkyl halides is 2. The third kappa shape index (κ3) is 3.22. The van der Waals surface area contributed by atoms with E-state index in [9.17, 15) is 13.9 Å². The number of nitrogens with zero attached hydrogens (tertiary/aromatic N) is 4. The van der Waals surface area contributed by atoms with Crippen molar-refractivity contribution in [2.75, 3.05) is 0 Å². The number of halogens is 2. The molecular weight excluding hydrogens is 258 g/mol. The fourth-order valence-electron chi connectivity index (χ4n) is 1.61. The molecule has 0 radical (unpaired) electrons. The summed E-state index contributed by atoms with van der Waals surface area (Å²) in [5.74, 6) is 0.0393. The molecule has 0 fully saturated rings. The van der Waals surface area contributed by atoms with Crippen molar-refractivity contribution in [3.8, 4) is 5.75 Å². The summed E-state index contributed by atoms with van der Waals surface area (Å²) >= 11 is 0. The van der Waals surface area contributed by atoms with Crippen molar-refractivity contribution in [3.63, 3.8) is 0 Å². The van der Waals surface area contributed by atoms with Crippen molar-refractivity contribution in [1.82, 2.24) is 20.2 Å². The second kappa shape index (κ2) is 5.70. The van der Waals surface area contributed by atoms with Gasteiger partial charge >= 0.3 is 6.61 Å². The summed E-state index contributed by atoms with van der Waals surface area (Å²) in [6, 6.07) is 5.33. The molecule has 1 heterocycles. The first-order valence-corrected chi connectivity index (χ1v) is 5.53. The van der Waals surface area contributed by atoms with Gasteiger partial charge in [0.2, 0.25) is 0 Å². The van der Waals surface area contributed by atoms with Crippen LogP contribution in [-0.2, 0) is 0 Å². The molecule has 1 N–H and O–H groups in total. The van der Waals surface area contributed by atoms with Gasteiger partial charge in [-0.15, -0.1) is 10.2 Å². The Bertz CT molecular complexity index is 504. The molecule has 1 aromatic carbocycles. The topological polar surface area (TPSA) is 73.1 Å². The molecule has 0 aliphatic rings. The van der Waals surface area contributed by atoms with Gasteiger partial charge in [0.1, 0.15) is 17.9 Å². The first-order valence-electron chi connectivity index (χ1n) is 5.53. The van der Waals surface area contributed by atoms with E-state index in [1.54, 1.807) is 6.92 Å². The number of ether oxygens (including phenoxy) is 1. The SMILES string of the molecule is CC(C(O)c1ccc(OC(F)F)cc1)n1ncnn1. The molecule has 6 nitrogen and oxygen atoms in total. The highest BCUT2D eigenvalue weighted by Gasteiger charge is 2.19. The molecular formula is C11H12F2N4O2. The Balaban J connectivity index is 2.09. The molecule has 2 unspecified atom stereocenters. The molecule has 1 aromatic heterocycles. The molecule has 2 aromatic rings. The Labute approximate surface area is 107 Å². The smallest absolute Gasteiger partial charge is 0.387 e. The van der Waals surface area contributed by atoms with Crippen LogP contribution in [0.5, 0.6) is 5.75 Å². The fraction of sp³-hybridized carbons (Fsp3) is 0.364. The quantitative estimate of drug-likeness (QED) is 0.892. The predicted octanol–water partition coefficient (Wildman–Crippen LogP) is 1.57. The lowest BCUT2D eigenvalue weighted by molar-refractivity contribution is -0.0498. The van der Waals surface area contributed by atoms with Gasteiger partial charge < -0.3 is 9.84 Å². The number of aliphatic hydroxyl groups excluding tert-OH is 1. The molecule has 2 atom stereocenters. The standard InChI is InChI=1S/C11H12F2N4O2/c1-7(17-15-6-14-16-17)10(18)8-2-4-9(5-3-8)19-11(12)13/h2-7,10-11,18H,1H3. The summed E-state index contributed by atoms with van der Waals surface area (Å²) < 4.78 is 28.2.